The predicted octanol–water partition coefficient (Wildman–Crippen LogP) is 3.76. The first kappa shape index (κ1) is 12.9. The van der Waals surface area contributed by atoms with Gasteiger partial charge in [-0.2, -0.15) is 0 Å². The second-order valence-electron chi connectivity index (χ2n) is 3.58. The van der Waals surface area contributed by atoms with E-state index in [0.717, 1.165) is 15.8 Å². The lowest BCUT2D eigenvalue weighted by molar-refractivity contribution is 1.14. The van der Waals surface area contributed by atoms with Gasteiger partial charge in [0.1, 0.15) is 0 Å². The number of hydrogen-bond donors (Lipinski definition) is 3. The molecule has 92 valence electrons. The van der Waals surface area contributed by atoms with E-state index in [1.807, 2.05) is 54.6 Å². The average Bonchev–Trinajstić information content (AvgIpc) is 2.38. The van der Waals surface area contributed by atoms with Crippen molar-refractivity contribution in [3.05, 3.63) is 59.1 Å². The fraction of sp³-hybridized carbons (Fsp3) is 0. The molecule has 2 rings (SSSR count). The van der Waals surface area contributed by atoms with Crippen LogP contribution in [0.1, 0.15) is 0 Å². The van der Waals surface area contributed by atoms with Crippen molar-refractivity contribution in [2.24, 2.45) is 0 Å². The number of hydrazine groups is 1. The summed E-state index contributed by atoms with van der Waals surface area (Å²) in [5.74, 6) is 0. The van der Waals surface area contributed by atoms with E-state index in [1.54, 1.807) is 0 Å². The quantitative estimate of drug-likeness (QED) is 0.594. The Morgan fingerprint density at radius 2 is 1.67 bits per heavy atom. The lowest BCUT2D eigenvalue weighted by Crippen LogP contribution is -2.33. The van der Waals surface area contributed by atoms with Crippen molar-refractivity contribution in [3.63, 3.8) is 0 Å². The molecule has 0 aliphatic rings. The molecular formula is C13H12BrN3S. The summed E-state index contributed by atoms with van der Waals surface area (Å²) in [6.45, 7) is 0. The first-order valence-corrected chi connectivity index (χ1v) is 6.58. The molecule has 0 amide bonds. The fourth-order valence-electron chi connectivity index (χ4n) is 1.38. The van der Waals surface area contributed by atoms with Crippen molar-refractivity contribution in [2.45, 2.75) is 0 Å². The van der Waals surface area contributed by atoms with Crippen molar-refractivity contribution in [1.29, 1.82) is 0 Å². The molecule has 3 nitrogen and oxygen atoms in total. The van der Waals surface area contributed by atoms with Gasteiger partial charge in [0, 0.05) is 10.2 Å². The molecule has 0 bridgehead atoms. The monoisotopic (exact) mass is 321 g/mol. The van der Waals surface area contributed by atoms with E-state index in [9.17, 15) is 0 Å². The van der Waals surface area contributed by atoms with Gasteiger partial charge in [-0.25, -0.2) is 0 Å². The summed E-state index contributed by atoms with van der Waals surface area (Å²) in [7, 11) is 0. The molecule has 0 aliphatic heterocycles. The standard InChI is InChI=1S/C13H12BrN3S/c14-10-5-4-8-12(9-10)15-13(18)17-16-11-6-2-1-3-7-11/h1-9,16H,(H2,15,17,18). The largest absolute Gasteiger partial charge is 0.331 e. The Labute approximate surface area is 120 Å². The van der Waals surface area contributed by atoms with Gasteiger partial charge >= 0.3 is 0 Å². The molecule has 0 saturated heterocycles. The summed E-state index contributed by atoms with van der Waals surface area (Å²) in [4.78, 5) is 0. The van der Waals surface area contributed by atoms with Crippen LogP contribution in [0.25, 0.3) is 0 Å². The van der Waals surface area contributed by atoms with E-state index in [4.69, 9.17) is 12.2 Å². The molecule has 2 aromatic carbocycles. The van der Waals surface area contributed by atoms with Crippen LogP contribution >= 0.6 is 28.1 Å². The molecule has 0 radical (unpaired) electrons. The van der Waals surface area contributed by atoms with Gasteiger partial charge in [-0.1, -0.05) is 40.2 Å². The lowest BCUT2D eigenvalue weighted by Gasteiger charge is -2.12. The van der Waals surface area contributed by atoms with Gasteiger partial charge in [-0.15, -0.1) is 0 Å². The van der Waals surface area contributed by atoms with Crippen LogP contribution in [0.15, 0.2) is 59.1 Å². The van der Waals surface area contributed by atoms with E-state index in [-0.39, 0.29) is 0 Å². The number of nitrogens with one attached hydrogen (secondary N) is 3. The molecular weight excluding hydrogens is 310 g/mol. The highest BCUT2D eigenvalue weighted by molar-refractivity contribution is 9.10. The van der Waals surface area contributed by atoms with Crippen LogP contribution in [-0.4, -0.2) is 5.11 Å². The molecule has 0 aliphatic carbocycles. The van der Waals surface area contributed by atoms with Crippen molar-refractivity contribution in [1.82, 2.24) is 5.43 Å². The molecule has 0 unspecified atom stereocenters. The zero-order valence-corrected chi connectivity index (χ0v) is 11.9. The minimum atomic E-state index is 0.511. The van der Waals surface area contributed by atoms with E-state index >= 15 is 0 Å². The third-order valence-corrected chi connectivity index (χ3v) is 2.87. The number of halogens is 1. The molecule has 0 atom stereocenters. The lowest BCUT2D eigenvalue weighted by atomic mass is 10.3. The number of anilines is 2. The van der Waals surface area contributed by atoms with E-state index in [1.165, 1.54) is 0 Å². The van der Waals surface area contributed by atoms with Gasteiger partial charge in [0.2, 0.25) is 0 Å². The Bertz CT molecular complexity index is 531. The molecule has 18 heavy (non-hydrogen) atoms. The van der Waals surface area contributed by atoms with Crippen LogP contribution in [0.2, 0.25) is 0 Å². The Morgan fingerprint density at radius 1 is 0.944 bits per heavy atom. The number of thiocarbonyl (C=S) groups is 1. The number of hydrogen-bond acceptors (Lipinski definition) is 2. The van der Waals surface area contributed by atoms with Crippen molar-refractivity contribution < 1.29 is 0 Å². The van der Waals surface area contributed by atoms with Gasteiger partial charge in [0.05, 0.1) is 5.69 Å². The normalized spacial score (nSPS) is 9.61. The summed E-state index contributed by atoms with van der Waals surface area (Å²) in [6, 6.07) is 17.6. The SMILES string of the molecule is S=C(NNc1ccccc1)Nc1cccc(Br)c1. The van der Waals surface area contributed by atoms with Gasteiger partial charge < -0.3 is 5.32 Å². The first-order valence-electron chi connectivity index (χ1n) is 5.38. The summed E-state index contributed by atoms with van der Waals surface area (Å²) in [6.07, 6.45) is 0. The zero-order chi connectivity index (χ0) is 12.8. The molecule has 2 aromatic rings. The van der Waals surface area contributed by atoms with Crippen LogP contribution in [0.4, 0.5) is 11.4 Å². The maximum Gasteiger partial charge on any atom is 0.189 e. The molecule has 0 fully saturated rings. The van der Waals surface area contributed by atoms with Gasteiger partial charge in [0.25, 0.3) is 0 Å². The second-order valence-corrected chi connectivity index (χ2v) is 4.90. The topological polar surface area (TPSA) is 36.1 Å². The summed E-state index contributed by atoms with van der Waals surface area (Å²) < 4.78 is 1.01. The maximum atomic E-state index is 5.18. The molecule has 0 spiro atoms. The van der Waals surface area contributed by atoms with Gasteiger partial charge in [-0.05, 0) is 42.5 Å². The van der Waals surface area contributed by atoms with Crippen LogP contribution in [0.3, 0.4) is 0 Å². The van der Waals surface area contributed by atoms with Crippen LogP contribution in [-0.2, 0) is 0 Å². The Kier molecular flexibility index (Phi) is 4.55. The summed E-state index contributed by atoms with van der Waals surface area (Å²) in [5, 5.41) is 3.59. The van der Waals surface area contributed by atoms with Crippen LogP contribution in [0.5, 0.6) is 0 Å². The Hall–Kier alpha value is -1.59. The van der Waals surface area contributed by atoms with E-state index in [2.05, 4.69) is 32.1 Å². The maximum absolute atomic E-state index is 5.18. The third kappa shape index (κ3) is 4.01. The highest BCUT2D eigenvalue weighted by atomic mass is 79.9. The summed E-state index contributed by atoms with van der Waals surface area (Å²) in [5.41, 5.74) is 7.82. The molecule has 0 heterocycles. The first-order chi connectivity index (χ1) is 8.74. The van der Waals surface area contributed by atoms with Crippen molar-refractivity contribution >= 4 is 44.6 Å². The van der Waals surface area contributed by atoms with Gasteiger partial charge in [-0.3, -0.25) is 10.9 Å². The van der Waals surface area contributed by atoms with Crippen LogP contribution < -0.4 is 16.2 Å². The van der Waals surface area contributed by atoms with E-state index < -0.39 is 0 Å². The number of rotatable bonds is 3. The zero-order valence-electron chi connectivity index (χ0n) is 9.48. The van der Waals surface area contributed by atoms with Crippen molar-refractivity contribution in [2.75, 3.05) is 10.7 Å². The fourth-order valence-corrected chi connectivity index (χ4v) is 1.95. The highest BCUT2D eigenvalue weighted by Gasteiger charge is 1.97. The van der Waals surface area contributed by atoms with Gasteiger partial charge in [0.15, 0.2) is 5.11 Å². The molecule has 5 heteroatoms. The minimum absolute atomic E-state index is 0.511. The Balaban J connectivity index is 1.86. The predicted molar refractivity (Wildman–Crippen MR) is 83.6 cm³/mol. The number of benzene rings is 2. The molecule has 0 aromatic heterocycles. The molecule has 3 N–H and O–H groups in total. The smallest absolute Gasteiger partial charge is 0.189 e. The van der Waals surface area contributed by atoms with Crippen molar-refractivity contribution in [3.8, 4) is 0 Å². The third-order valence-electron chi connectivity index (χ3n) is 2.18. The second kappa shape index (κ2) is 6.37. The van der Waals surface area contributed by atoms with Crippen LogP contribution in [0, 0.1) is 0 Å². The number of para-hydroxylation sites is 1. The van der Waals surface area contributed by atoms with E-state index in [0.29, 0.717) is 5.11 Å². The summed E-state index contributed by atoms with van der Waals surface area (Å²) >= 11 is 8.59. The molecule has 0 saturated carbocycles. The minimum Gasteiger partial charge on any atom is -0.331 e. The highest BCUT2D eigenvalue weighted by Crippen LogP contribution is 2.15. The Morgan fingerprint density at radius 3 is 2.39 bits per heavy atom. The average molecular weight is 322 g/mol.